The summed E-state index contributed by atoms with van der Waals surface area (Å²) in [5.74, 6) is -0.0822. The van der Waals surface area contributed by atoms with Gasteiger partial charge in [0.15, 0.2) is 0 Å². The number of para-hydroxylation sites is 1. The molecule has 0 spiro atoms. The third kappa shape index (κ3) is 4.45. The smallest absolute Gasteiger partial charge is 0.252 e. The summed E-state index contributed by atoms with van der Waals surface area (Å²) in [6.45, 7) is 4.74. The van der Waals surface area contributed by atoms with Gasteiger partial charge in [0.25, 0.3) is 10.0 Å². The molecule has 146 valence electrons. The SMILES string of the molecule is CC(C)N(C(=O)C1CCN(S(=O)(=O)c2ccc(Br)s2)CC1)c1ccccc1. The van der Waals surface area contributed by atoms with Gasteiger partial charge in [-0.1, -0.05) is 18.2 Å². The number of nitrogens with zero attached hydrogens (tertiary/aromatic N) is 2. The third-order valence-electron chi connectivity index (χ3n) is 4.73. The molecule has 0 radical (unpaired) electrons. The van der Waals surface area contributed by atoms with Crippen molar-refractivity contribution in [3.63, 3.8) is 0 Å². The third-order valence-corrected chi connectivity index (χ3v) is 8.72. The summed E-state index contributed by atoms with van der Waals surface area (Å²) in [6, 6.07) is 13.1. The fourth-order valence-corrected chi connectivity index (χ4v) is 7.01. The van der Waals surface area contributed by atoms with Crippen LogP contribution in [0.5, 0.6) is 0 Å². The summed E-state index contributed by atoms with van der Waals surface area (Å²) in [4.78, 5) is 14.9. The van der Waals surface area contributed by atoms with Crippen LogP contribution in [0.15, 0.2) is 50.5 Å². The van der Waals surface area contributed by atoms with Gasteiger partial charge in [-0.3, -0.25) is 4.79 Å². The maximum absolute atomic E-state index is 13.1. The normalized spacial score (nSPS) is 16.6. The Hall–Kier alpha value is -1.22. The molecule has 0 N–H and O–H groups in total. The van der Waals surface area contributed by atoms with Crippen molar-refractivity contribution in [2.24, 2.45) is 5.92 Å². The predicted octanol–water partition coefficient (Wildman–Crippen LogP) is 4.35. The monoisotopic (exact) mass is 470 g/mol. The molecular formula is C19H23BrN2O3S2. The zero-order valence-electron chi connectivity index (χ0n) is 15.3. The van der Waals surface area contributed by atoms with E-state index < -0.39 is 10.0 Å². The van der Waals surface area contributed by atoms with E-state index in [0.717, 1.165) is 9.47 Å². The Morgan fingerprint density at radius 2 is 1.78 bits per heavy atom. The van der Waals surface area contributed by atoms with E-state index in [4.69, 9.17) is 0 Å². The number of sulfonamides is 1. The van der Waals surface area contributed by atoms with Gasteiger partial charge in [0, 0.05) is 30.7 Å². The highest BCUT2D eigenvalue weighted by Crippen LogP contribution is 2.32. The van der Waals surface area contributed by atoms with E-state index in [2.05, 4.69) is 15.9 Å². The van der Waals surface area contributed by atoms with Crippen LogP contribution in [0.1, 0.15) is 26.7 Å². The van der Waals surface area contributed by atoms with E-state index in [-0.39, 0.29) is 17.9 Å². The number of benzene rings is 1. The summed E-state index contributed by atoms with van der Waals surface area (Å²) in [5, 5.41) is 0. The van der Waals surface area contributed by atoms with E-state index in [1.54, 1.807) is 12.1 Å². The number of amides is 1. The molecule has 0 saturated carbocycles. The molecule has 1 fully saturated rings. The van der Waals surface area contributed by atoms with E-state index in [1.807, 2.05) is 49.1 Å². The van der Waals surface area contributed by atoms with Gasteiger partial charge < -0.3 is 4.90 Å². The molecule has 2 heterocycles. The fraction of sp³-hybridized carbons (Fsp3) is 0.421. The molecule has 1 aromatic carbocycles. The van der Waals surface area contributed by atoms with Crippen molar-refractivity contribution < 1.29 is 13.2 Å². The Labute approximate surface area is 173 Å². The van der Waals surface area contributed by atoms with Gasteiger partial charge in [-0.2, -0.15) is 4.31 Å². The van der Waals surface area contributed by atoms with E-state index in [0.29, 0.717) is 30.1 Å². The van der Waals surface area contributed by atoms with Crippen molar-refractivity contribution >= 4 is 48.9 Å². The largest absolute Gasteiger partial charge is 0.310 e. The van der Waals surface area contributed by atoms with Gasteiger partial charge in [0.2, 0.25) is 5.91 Å². The highest BCUT2D eigenvalue weighted by molar-refractivity contribution is 9.11. The molecule has 5 nitrogen and oxygen atoms in total. The second-order valence-electron chi connectivity index (χ2n) is 6.87. The lowest BCUT2D eigenvalue weighted by Gasteiger charge is -2.35. The fourth-order valence-electron chi connectivity index (χ4n) is 3.37. The summed E-state index contributed by atoms with van der Waals surface area (Å²) in [6.07, 6.45) is 1.08. The molecule has 1 amide bonds. The Kier molecular flexibility index (Phi) is 6.40. The van der Waals surface area contributed by atoms with Crippen molar-refractivity contribution in [2.75, 3.05) is 18.0 Å². The quantitative estimate of drug-likeness (QED) is 0.652. The lowest BCUT2D eigenvalue weighted by Crippen LogP contribution is -2.46. The average molecular weight is 471 g/mol. The molecule has 2 aromatic rings. The van der Waals surface area contributed by atoms with Crippen LogP contribution in [0.4, 0.5) is 5.69 Å². The second kappa shape index (κ2) is 8.43. The van der Waals surface area contributed by atoms with Crippen LogP contribution in [0.3, 0.4) is 0 Å². The van der Waals surface area contributed by atoms with Gasteiger partial charge in [0.05, 0.1) is 3.79 Å². The number of carbonyl (C=O) groups is 1. The van der Waals surface area contributed by atoms with Crippen LogP contribution in [-0.2, 0) is 14.8 Å². The van der Waals surface area contributed by atoms with Crippen LogP contribution >= 0.6 is 27.3 Å². The van der Waals surface area contributed by atoms with E-state index in [9.17, 15) is 13.2 Å². The first-order valence-electron chi connectivity index (χ1n) is 8.94. The maximum atomic E-state index is 13.1. The predicted molar refractivity (Wildman–Crippen MR) is 113 cm³/mol. The first kappa shape index (κ1) is 20.5. The number of rotatable bonds is 5. The maximum Gasteiger partial charge on any atom is 0.252 e. The molecule has 1 saturated heterocycles. The molecule has 0 bridgehead atoms. The molecule has 3 rings (SSSR count). The van der Waals surface area contributed by atoms with Gasteiger partial charge >= 0.3 is 0 Å². The standard InChI is InChI=1S/C19H23BrN2O3S2/c1-14(2)22(16-6-4-3-5-7-16)19(23)15-10-12-21(13-11-15)27(24,25)18-9-8-17(20)26-18/h3-9,14-15H,10-13H2,1-2H3. The van der Waals surface area contributed by atoms with Crippen molar-refractivity contribution in [1.29, 1.82) is 0 Å². The van der Waals surface area contributed by atoms with Crippen LogP contribution in [-0.4, -0.2) is 37.8 Å². The molecule has 1 aliphatic heterocycles. The minimum atomic E-state index is -3.48. The zero-order chi connectivity index (χ0) is 19.6. The minimum Gasteiger partial charge on any atom is -0.310 e. The Morgan fingerprint density at radius 3 is 2.30 bits per heavy atom. The first-order valence-corrected chi connectivity index (χ1v) is 12.0. The lowest BCUT2D eigenvalue weighted by atomic mass is 9.95. The van der Waals surface area contributed by atoms with E-state index >= 15 is 0 Å². The summed E-state index contributed by atoms with van der Waals surface area (Å²) >= 11 is 4.53. The van der Waals surface area contributed by atoms with Gasteiger partial charge in [-0.05, 0) is 66.9 Å². The van der Waals surface area contributed by atoms with Crippen molar-refractivity contribution in [3.8, 4) is 0 Å². The van der Waals surface area contributed by atoms with Gasteiger partial charge in [-0.15, -0.1) is 11.3 Å². The highest BCUT2D eigenvalue weighted by atomic mass is 79.9. The number of piperidine rings is 1. The first-order chi connectivity index (χ1) is 12.8. The highest BCUT2D eigenvalue weighted by Gasteiger charge is 2.35. The van der Waals surface area contributed by atoms with Crippen molar-refractivity contribution in [1.82, 2.24) is 4.31 Å². The van der Waals surface area contributed by atoms with Crippen molar-refractivity contribution in [3.05, 3.63) is 46.3 Å². The van der Waals surface area contributed by atoms with Gasteiger partial charge in [0.1, 0.15) is 4.21 Å². The van der Waals surface area contributed by atoms with Crippen LogP contribution in [0.2, 0.25) is 0 Å². The number of thiophene rings is 1. The van der Waals surface area contributed by atoms with Gasteiger partial charge in [-0.25, -0.2) is 8.42 Å². The van der Waals surface area contributed by atoms with Crippen molar-refractivity contribution in [2.45, 2.75) is 36.9 Å². The number of anilines is 1. The topological polar surface area (TPSA) is 57.7 Å². The number of halogens is 1. The second-order valence-corrected chi connectivity index (χ2v) is 11.5. The molecule has 0 atom stereocenters. The molecule has 1 aliphatic rings. The van der Waals surface area contributed by atoms with E-state index in [1.165, 1.54) is 15.6 Å². The Morgan fingerprint density at radius 1 is 1.15 bits per heavy atom. The molecule has 0 aliphatic carbocycles. The molecule has 8 heteroatoms. The van der Waals surface area contributed by atoms with Crippen LogP contribution < -0.4 is 4.90 Å². The Balaban J connectivity index is 1.70. The summed E-state index contributed by atoms with van der Waals surface area (Å²) < 4.78 is 28.2. The van der Waals surface area contributed by atoms with Crippen LogP contribution in [0.25, 0.3) is 0 Å². The minimum absolute atomic E-state index is 0.0464. The summed E-state index contributed by atoms with van der Waals surface area (Å²) in [7, 11) is -3.48. The molecule has 27 heavy (non-hydrogen) atoms. The zero-order valence-corrected chi connectivity index (χ0v) is 18.6. The van der Waals surface area contributed by atoms with Crippen LogP contribution in [0, 0.1) is 5.92 Å². The number of carbonyl (C=O) groups excluding carboxylic acids is 1. The molecule has 0 unspecified atom stereocenters. The number of hydrogen-bond acceptors (Lipinski definition) is 4. The lowest BCUT2D eigenvalue weighted by molar-refractivity contribution is -0.123. The summed E-state index contributed by atoms with van der Waals surface area (Å²) in [5.41, 5.74) is 0.885. The average Bonchev–Trinajstić information content (AvgIpc) is 3.10. The molecular weight excluding hydrogens is 448 g/mol. The Bertz CT molecular complexity index is 889. The molecule has 1 aromatic heterocycles. The number of hydrogen-bond donors (Lipinski definition) is 0.